The van der Waals surface area contributed by atoms with Crippen molar-refractivity contribution in [2.24, 2.45) is 0 Å². The third-order valence-corrected chi connectivity index (χ3v) is 11.2. The largest absolute Gasteiger partial charge is 0.507 e. The highest BCUT2D eigenvalue weighted by atomic mass is 16.4. The van der Waals surface area contributed by atoms with Crippen LogP contribution in [-0.2, 0) is 40.0 Å². The number of nitrogens with zero attached hydrogens (tertiary/aromatic N) is 2. The summed E-state index contributed by atoms with van der Waals surface area (Å²) in [4.78, 5) is 93.2. The van der Waals surface area contributed by atoms with Crippen LogP contribution in [0, 0.1) is 0 Å². The highest BCUT2D eigenvalue weighted by Gasteiger charge is 2.32. The maximum atomic E-state index is 13.7. The van der Waals surface area contributed by atoms with E-state index in [0.29, 0.717) is 12.0 Å². The molecule has 4 atom stereocenters. The smallest absolute Gasteiger partial charge is 0.326 e. The van der Waals surface area contributed by atoms with E-state index in [2.05, 4.69) is 28.2 Å². The number of nitrogens with one attached hydrogen (secondary N) is 4. The minimum atomic E-state index is -1.45. The van der Waals surface area contributed by atoms with Gasteiger partial charge in [-0.05, 0) is 48.7 Å². The van der Waals surface area contributed by atoms with E-state index in [-0.39, 0.29) is 46.9 Å². The van der Waals surface area contributed by atoms with E-state index in [9.17, 15) is 54.0 Å². The number of fused-ring (bicyclic) bond motifs is 5. The minimum Gasteiger partial charge on any atom is -0.507 e. The zero-order valence-electron chi connectivity index (χ0n) is 36.5. The zero-order valence-corrected chi connectivity index (χ0v) is 36.5. The Hall–Kier alpha value is -5.71. The minimum absolute atomic E-state index is 0.0689. The Labute approximate surface area is 364 Å². The van der Waals surface area contributed by atoms with Crippen LogP contribution < -0.4 is 21.3 Å². The third-order valence-electron chi connectivity index (χ3n) is 11.2. The Morgan fingerprint density at radius 2 is 1.35 bits per heavy atom. The molecule has 1 heterocycles. The standard InChI is InChI=1S/C45H66N6O11/c1-5-6-7-8-9-10-11-12-13-14-15-16-17-18-39(56)50(3)35(28-52)43(59)48-29(2)42(58)47-27-40(57)51(4)41-31-20-22-37(54)33(25-31)32-23-30(19-21-36(32)53)24-34(45(61)62)49-38(55)26-46-44(41)60/h19-23,25,29,34-35,41,52-54H,5-18,24,26-28H2,1-4H3,(H,46,60)(H,47,58)(H,48,59)(H,49,55)(H,61,62)/t29-,34+,35-,41+/m1/s1. The van der Waals surface area contributed by atoms with Gasteiger partial charge < -0.3 is 51.5 Å². The molecule has 0 radical (unpaired) electrons. The summed E-state index contributed by atoms with van der Waals surface area (Å²) >= 11 is 0. The van der Waals surface area contributed by atoms with E-state index in [1.54, 1.807) is 0 Å². The number of carboxylic acid groups (broad SMARTS) is 1. The van der Waals surface area contributed by atoms with Crippen molar-refractivity contribution in [1.82, 2.24) is 31.1 Å². The van der Waals surface area contributed by atoms with Crippen LogP contribution in [0.5, 0.6) is 11.5 Å². The molecule has 4 bridgehead atoms. The number of likely N-dealkylation sites (N-methyl/N-ethyl adjacent to an activating group) is 2. The molecule has 6 amide bonds. The normalized spacial score (nSPS) is 16.1. The number of unbranched alkanes of at least 4 members (excludes halogenated alkanes) is 12. The molecule has 62 heavy (non-hydrogen) atoms. The maximum absolute atomic E-state index is 13.7. The zero-order chi connectivity index (χ0) is 45.8. The number of aromatic hydroxyl groups is 2. The first-order valence-corrected chi connectivity index (χ1v) is 21.7. The van der Waals surface area contributed by atoms with Crippen molar-refractivity contribution in [3.63, 3.8) is 0 Å². The lowest BCUT2D eigenvalue weighted by Gasteiger charge is -2.29. The number of phenols is 2. The number of phenolic OH excluding ortho intramolecular Hbond substituents is 2. The van der Waals surface area contributed by atoms with Crippen molar-refractivity contribution < 1.29 is 54.0 Å². The van der Waals surface area contributed by atoms with Gasteiger partial charge in [0, 0.05) is 38.1 Å². The molecule has 8 N–H and O–H groups in total. The highest BCUT2D eigenvalue weighted by molar-refractivity contribution is 5.95. The Kier molecular flexibility index (Phi) is 21.2. The van der Waals surface area contributed by atoms with Crippen molar-refractivity contribution in [3.05, 3.63) is 47.5 Å². The molecule has 0 saturated carbocycles. The van der Waals surface area contributed by atoms with E-state index >= 15 is 0 Å². The molecular weight excluding hydrogens is 801 g/mol. The molecule has 17 nitrogen and oxygen atoms in total. The first-order chi connectivity index (χ1) is 29.6. The molecule has 17 heteroatoms. The summed E-state index contributed by atoms with van der Waals surface area (Å²) in [7, 11) is 2.69. The number of amides is 6. The predicted molar refractivity (Wildman–Crippen MR) is 232 cm³/mol. The molecule has 1 aliphatic rings. The van der Waals surface area contributed by atoms with Crippen molar-refractivity contribution in [2.75, 3.05) is 33.8 Å². The van der Waals surface area contributed by atoms with Crippen LogP contribution in [0.2, 0.25) is 0 Å². The summed E-state index contributed by atoms with van der Waals surface area (Å²) in [5, 5.41) is 50.9. The second-order valence-electron chi connectivity index (χ2n) is 16.1. The molecule has 1 aliphatic heterocycles. The van der Waals surface area contributed by atoms with Gasteiger partial charge >= 0.3 is 5.97 Å². The first-order valence-electron chi connectivity index (χ1n) is 21.7. The summed E-state index contributed by atoms with van der Waals surface area (Å²) in [5.41, 5.74) is 0.736. The fourth-order valence-corrected chi connectivity index (χ4v) is 7.35. The maximum Gasteiger partial charge on any atom is 0.326 e. The van der Waals surface area contributed by atoms with Crippen LogP contribution in [0.3, 0.4) is 0 Å². The number of carboxylic acids is 1. The number of hydrogen-bond acceptors (Lipinski definition) is 10. The number of aliphatic hydroxyl groups is 1. The first kappa shape index (κ1) is 50.6. The van der Waals surface area contributed by atoms with Crippen LogP contribution in [0.25, 0.3) is 11.1 Å². The molecule has 0 fully saturated rings. The SMILES string of the molecule is CCCCCCCCCCCCCCCC(=O)N(C)[C@H](CO)C(=O)N[C@H](C)C(=O)NCC(=O)N(C)[C@@H]1C(=O)NCC(=O)N[C@H](C(=O)O)Cc2ccc(O)c(c2)-c2cc1ccc2O. The molecule has 0 unspecified atom stereocenters. The van der Waals surface area contributed by atoms with Crippen molar-refractivity contribution in [3.8, 4) is 22.6 Å². The van der Waals surface area contributed by atoms with Gasteiger partial charge in [0.2, 0.25) is 35.4 Å². The second-order valence-corrected chi connectivity index (χ2v) is 16.1. The van der Waals surface area contributed by atoms with E-state index in [1.807, 2.05) is 0 Å². The molecule has 3 rings (SSSR count). The predicted octanol–water partition coefficient (Wildman–Crippen LogP) is 3.43. The van der Waals surface area contributed by atoms with Gasteiger partial charge in [0.05, 0.1) is 19.7 Å². The number of aliphatic carboxylic acids is 1. The van der Waals surface area contributed by atoms with Crippen LogP contribution in [0.15, 0.2) is 36.4 Å². The number of aliphatic hydroxyl groups excluding tert-OH is 1. The van der Waals surface area contributed by atoms with E-state index in [1.165, 1.54) is 115 Å². The summed E-state index contributed by atoms with van der Waals surface area (Å²) in [6, 6.07) is 2.91. The molecule has 0 aliphatic carbocycles. The lowest BCUT2D eigenvalue weighted by molar-refractivity contribution is -0.142. The fourth-order valence-electron chi connectivity index (χ4n) is 7.35. The van der Waals surface area contributed by atoms with Gasteiger partial charge in [-0.25, -0.2) is 4.79 Å². The molecule has 0 saturated heterocycles. The van der Waals surface area contributed by atoms with Gasteiger partial charge in [-0.3, -0.25) is 28.8 Å². The highest BCUT2D eigenvalue weighted by Crippen LogP contribution is 2.38. The van der Waals surface area contributed by atoms with Gasteiger partial charge in [-0.1, -0.05) is 96.1 Å². The van der Waals surface area contributed by atoms with Gasteiger partial charge in [0.1, 0.15) is 35.7 Å². The van der Waals surface area contributed by atoms with Crippen LogP contribution >= 0.6 is 0 Å². The lowest BCUT2D eigenvalue weighted by Crippen LogP contribution is -2.55. The number of carbonyl (C=O) groups excluding carboxylic acids is 6. The summed E-state index contributed by atoms with van der Waals surface area (Å²) < 4.78 is 0. The Balaban J connectivity index is 1.57. The molecule has 2 aromatic rings. The fraction of sp³-hybridized carbons (Fsp3) is 0.578. The Morgan fingerprint density at radius 3 is 1.94 bits per heavy atom. The van der Waals surface area contributed by atoms with E-state index in [4.69, 9.17) is 0 Å². The number of benzene rings is 2. The molecular formula is C45H66N6O11. The number of carbonyl (C=O) groups is 7. The summed E-state index contributed by atoms with van der Waals surface area (Å²) in [6.45, 7) is 1.61. The molecule has 0 spiro atoms. The van der Waals surface area contributed by atoms with Gasteiger partial charge in [-0.15, -0.1) is 0 Å². The summed E-state index contributed by atoms with van der Waals surface area (Å²) in [5.74, 6) is -6.22. The lowest BCUT2D eigenvalue weighted by atomic mass is 9.94. The second kappa shape index (κ2) is 25.9. The van der Waals surface area contributed by atoms with Gasteiger partial charge in [0.15, 0.2) is 0 Å². The van der Waals surface area contributed by atoms with E-state index < -0.39 is 79.4 Å². The van der Waals surface area contributed by atoms with Crippen LogP contribution in [0.4, 0.5) is 0 Å². The quantitative estimate of drug-likeness (QED) is 0.0752. The van der Waals surface area contributed by atoms with E-state index in [0.717, 1.165) is 29.1 Å². The van der Waals surface area contributed by atoms with Crippen LogP contribution in [0.1, 0.15) is 121 Å². The molecule has 2 aromatic carbocycles. The average Bonchev–Trinajstić information content (AvgIpc) is 3.24. The van der Waals surface area contributed by atoms with Gasteiger partial charge in [-0.2, -0.15) is 0 Å². The van der Waals surface area contributed by atoms with Crippen molar-refractivity contribution >= 4 is 41.4 Å². The van der Waals surface area contributed by atoms with Crippen molar-refractivity contribution in [2.45, 2.75) is 134 Å². The molecule has 342 valence electrons. The topological polar surface area (TPSA) is 255 Å². The number of rotatable bonds is 23. The average molecular weight is 867 g/mol. The Morgan fingerprint density at radius 1 is 0.790 bits per heavy atom. The van der Waals surface area contributed by atoms with Gasteiger partial charge in [0.25, 0.3) is 0 Å². The monoisotopic (exact) mass is 866 g/mol. The van der Waals surface area contributed by atoms with Crippen molar-refractivity contribution in [1.29, 1.82) is 0 Å². The van der Waals surface area contributed by atoms with Crippen LogP contribution in [-0.4, -0.2) is 124 Å². The third kappa shape index (κ3) is 15.6. The molecule has 0 aromatic heterocycles. The Bertz CT molecular complexity index is 1860. The number of hydrogen-bond donors (Lipinski definition) is 8. The summed E-state index contributed by atoms with van der Waals surface area (Å²) in [6.07, 6.45) is 15.2.